The molecule has 2 aromatic rings. The van der Waals surface area contributed by atoms with Crippen molar-refractivity contribution in [1.82, 2.24) is 9.80 Å². The molecule has 0 aliphatic carbocycles. The lowest BCUT2D eigenvalue weighted by atomic mass is 9.99. The van der Waals surface area contributed by atoms with Gasteiger partial charge in [0.2, 0.25) is 0 Å². The second-order valence-corrected chi connectivity index (χ2v) is 12.5. The van der Waals surface area contributed by atoms with E-state index in [1.54, 1.807) is 0 Å². The lowest BCUT2D eigenvalue weighted by molar-refractivity contribution is 0.0341. The first-order chi connectivity index (χ1) is 20.0. The quantitative estimate of drug-likeness (QED) is 0.160. The fourth-order valence-electron chi connectivity index (χ4n) is 6.41. The van der Waals surface area contributed by atoms with Crippen molar-refractivity contribution >= 4 is 16.7 Å². The predicted octanol–water partition coefficient (Wildman–Crippen LogP) is 7.94. The Kier molecular flexibility index (Phi) is 15.8. The number of rotatable bonds is 20. The van der Waals surface area contributed by atoms with Crippen molar-refractivity contribution in [2.24, 2.45) is 5.73 Å². The summed E-state index contributed by atoms with van der Waals surface area (Å²) < 4.78 is 0. The number of hydrogen-bond acceptors (Lipinski definition) is 4. The number of amides is 1. The topological polar surface area (TPSA) is 69.8 Å². The molecule has 230 valence electrons. The Bertz CT molecular complexity index is 990. The van der Waals surface area contributed by atoms with Gasteiger partial charge in [0.25, 0.3) is 5.91 Å². The van der Waals surface area contributed by atoms with E-state index in [4.69, 9.17) is 5.73 Å². The van der Waals surface area contributed by atoms with Gasteiger partial charge in [0.05, 0.1) is 6.10 Å². The second-order valence-electron chi connectivity index (χ2n) is 12.5. The van der Waals surface area contributed by atoms with E-state index in [9.17, 15) is 9.90 Å². The van der Waals surface area contributed by atoms with Crippen molar-refractivity contribution in [2.45, 2.75) is 135 Å². The van der Waals surface area contributed by atoms with E-state index in [1.807, 2.05) is 35.2 Å². The highest BCUT2D eigenvalue weighted by Gasteiger charge is 2.32. The molecule has 5 nitrogen and oxygen atoms in total. The summed E-state index contributed by atoms with van der Waals surface area (Å²) in [5.41, 5.74) is 7.35. The molecule has 1 saturated heterocycles. The number of unbranched alkanes of at least 4 members (excludes halogenated alkanes) is 12. The fraction of sp³-hybridized carbons (Fsp3) is 0.694. The van der Waals surface area contributed by atoms with Crippen LogP contribution in [0.2, 0.25) is 0 Å². The molecule has 0 radical (unpaired) electrons. The van der Waals surface area contributed by atoms with E-state index in [0.29, 0.717) is 13.1 Å². The molecule has 0 saturated carbocycles. The summed E-state index contributed by atoms with van der Waals surface area (Å²) in [7, 11) is 0. The zero-order valence-corrected chi connectivity index (χ0v) is 26.2. The Hall–Kier alpha value is -1.95. The van der Waals surface area contributed by atoms with Crippen LogP contribution in [0.25, 0.3) is 10.8 Å². The molecule has 5 heteroatoms. The first-order valence-electron chi connectivity index (χ1n) is 17.0. The normalized spacial score (nSPS) is 17.7. The van der Waals surface area contributed by atoms with Gasteiger partial charge in [-0.25, -0.2) is 0 Å². The maximum atomic E-state index is 13.6. The Labute approximate surface area is 250 Å². The number of piperazine rings is 1. The van der Waals surface area contributed by atoms with Crippen molar-refractivity contribution in [1.29, 1.82) is 0 Å². The molecule has 2 aromatic carbocycles. The minimum absolute atomic E-state index is 0.124. The maximum absolute atomic E-state index is 13.6. The molecule has 3 atom stereocenters. The van der Waals surface area contributed by atoms with Crippen molar-refractivity contribution in [3.63, 3.8) is 0 Å². The van der Waals surface area contributed by atoms with Crippen LogP contribution < -0.4 is 5.73 Å². The van der Waals surface area contributed by atoms with E-state index >= 15 is 0 Å². The number of aliphatic hydroxyl groups is 1. The van der Waals surface area contributed by atoms with Crippen molar-refractivity contribution < 1.29 is 9.90 Å². The Morgan fingerprint density at radius 2 is 1.44 bits per heavy atom. The minimum atomic E-state index is -0.458. The highest BCUT2D eigenvalue weighted by atomic mass is 16.3. The zero-order chi connectivity index (χ0) is 29.3. The molecule has 41 heavy (non-hydrogen) atoms. The Balaban J connectivity index is 1.39. The molecule has 1 heterocycles. The standard InChI is InChI=1S/C36H59N3O2/c1-3-5-7-8-9-10-11-12-13-14-15-16-25-35(40)34(37)29-38-26-27-39(28-31(38)22-6-4-2)36(41)33-24-19-21-30-20-17-18-23-32(30)33/h17-21,23-24,31,34-35,40H,3-16,22,25-29,37H2,1-2H3/t31-,34+,35?/m0/s1. The minimum Gasteiger partial charge on any atom is -0.391 e. The molecule has 3 N–H and O–H groups in total. The van der Waals surface area contributed by atoms with Crippen LogP contribution >= 0.6 is 0 Å². The Morgan fingerprint density at radius 3 is 2.12 bits per heavy atom. The van der Waals surface area contributed by atoms with Crippen molar-refractivity contribution in [2.75, 3.05) is 26.2 Å². The van der Waals surface area contributed by atoms with Gasteiger partial charge in [-0.05, 0) is 29.7 Å². The van der Waals surface area contributed by atoms with Crippen LogP contribution in [0, 0.1) is 0 Å². The molecule has 1 fully saturated rings. The van der Waals surface area contributed by atoms with Gasteiger partial charge in [0, 0.05) is 43.8 Å². The number of aliphatic hydroxyl groups excluding tert-OH is 1. The maximum Gasteiger partial charge on any atom is 0.254 e. The van der Waals surface area contributed by atoms with Gasteiger partial charge in [-0.3, -0.25) is 9.69 Å². The molecule has 1 unspecified atom stereocenters. The largest absolute Gasteiger partial charge is 0.391 e. The van der Waals surface area contributed by atoms with E-state index in [-0.39, 0.29) is 18.0 Å². The van der Waals surface area contributed by atoms with Gasteiger partial charge in [-0.2, -0.15) is 0 Å². The van der Waals surface area contributed by atoms with E-state index in [1.165, 1.54) is 70.6 Å². The summed E-state index contributed by atoms with van der Waals surface area (Å²) in [6.45, 7) is 7.43. The van der Waals surface area contributed by atoms with Crippen LogP contribution in [0.3, 0.4) is 0 Å². The highest BCUT2D eigenvalue weighted by molar-refractivity contribution is 6.07. The predicted molar refractivity (Wildman–Crippen MR) is 174 cm³/mol. The lowest BCUT2D eigenvalue weighted by Crippen LogP contribution is -2.58. The average Bonchev–Trinajstić information content (AvgIpc) is 3.00. The number of carbonyl (C=O) groups excluding carboxylic acids is 1. The highest BCUT2D eigenvalue weighted by Crippen LogP contribution is 2.23. The van der Waals surface area contributed by atoms with Crippen molar-refractivity contribution in [3.8, 4) is 0 Å². The second kappa shape index (κ2) is 19.3. The number of fused-ring (bicyclic) bond motifs is 1. The zero-order valence-electron chi connectivity index (χ0n) is 26.2. The number of nitrogens with zero attached hydrogens (tertiary/aromatic N) is 2. The molecule has 3 rings (SSSR count). The van der Waals surface area contributed by atoms with Crippen LogP contribution in [0.5, 0.6) is 0 Å². The van der Waals surface area contributed by atoms with Crippen LogP contribution in [-0.4, -0.2) is 65.2 Å². The Morgan fingerprint density at radius 1 is 0.829 bits per heavy atom. The third kappa shape index (κ3) is 11.3. The van der Waals surface area contributed by atoms with Gasteiger partial charge in [-0.15, -0.1) is 0 Å². The molecule has 1 aliphatic rings. The van der Waals surface area contributed by atoms with Crippen LogP contribution in [0.15, 0.2) is 42.5 Å². The molecule has 0 bridgehead atoms. The smallest absolute Gasteiger partial charge is 0.254 e. The molecule has 0 aromatic heterocycles. The van der Waals surface area contributed by atoms with Gasteiger partial charge < -0.3 is 15.7 Å². The summed E-state index contributed by atoms with van der Waals surface area (Å²) >= 11 is 0. The van der Waals surface area contributed by atoms with E-state index < -0.39 is 6.10 Å². The summed E-state index contributed by atoms with van der Waals surface area (Å²) in [6, 6.07) is 14.2. The van der Waals surface area contributed by atoms with Gasteiger partial charge in [0.15, 0.2) is 0 Å². The van der Waals surface area contributed by atoms with Gasteiger partial charge in [-0.1, -0.05) is 140 Å². The van der Waals surface area contributed by atoms with Crippen LogP contribution in [-0.2, 0) is 0 Å². The van der Waals surface area contributed by atoms with Crippen LogP contribution in [0.1, 0.15) is 127 Å². The fourth-order valence-corrected chi connectivity index (χ4v) is 6.41. The number of carbonyl (C=O) groups is 1. The SMILES string of the molecule is CCCCCCCCCCCCCCC(O)[C@H](N)CN1CCN(C(=O)c2cccc3ccccc23)C[C@@H]1CCCC. The van der Waals surface area contributed by atoms with Crippen molar-refractivity contribution in [3.05, 3.63) is 48.0 Å². The lowest BCUT2D eigenvalue weighted by Gasteiger charge is -2.43. The monoisotopic (exact) mass is 565 g/mol. The van der Waals surface area contributed by atoms with Gasteiger partial charge in [0.1, 0.15) is 0 Å². The summed E-state index contributed by atoms with van der Waals surface area (Å²) in [4.78, 5) is 18.1. The molecule has 1 amide bonds. The molecular formula is C36H59N3O2. The first-order valence-corrected chi connectivity index (χ1v) is 17.0. The molecule has 0 spiro atoms. The molecule has 1 aliphatic heterocycles. The number of nitrogens with two attached hydrogens (primary N) is 1. The average molecular weight is 566 g/mol. The van der Waals surface area contributed by atoms with E-state index in [2.05, 4.69) is 30.9 Å². The first kappa shape index (κ1) is 33.6. The third-order valence-electron chi connectivity index (χ3n) is 9.10. The molecular weight excluding hydrogens is 506 g/mol. The summed E-state index contributed by atoms with van der Waals surface area (Å²) in [5.74, 6) is 0.124. The van der Waals surface area contributed by atoms with E-state index in [0.717, 1.165) is 61.5 Å². The number of benzene rings is 2. The third-order valence-corrected chi connectivity index (χ3v) is 9.10. The van der Waals surface area contributed by atoms with Crippen LogP contribution in [0.4, 0.5) is 0 Å². The number of hydrogen-bond donors (Lipinski definition) is 2. The summed E-state index contributed by atoms with van der Waals surface area (Å²) in [6.07, 6.45) is 19.5. The van der Waals surface area contributed by atoms with Gasteiger partial charge >= 0.3 is 0 Å². The summed E-state index contributed by atoms with van der Waals surface area (Å²) in [5, 5.41) is 13.0.